The largest absolute Gasteiger partial charge is 0.373 e. The van der Waals surface area contributed by atoms with Gasteiger partial charge in [0.05, 0.1) is 12.1 Å². The van der Waals surface area contributed by atoms with Crippen LogP contribution >= 0.6 is 0 Å². The van der Waals surface area contributed by atoms with Crippen molar-refractivity contribution < 1.29 is 9.53 Å². The SMILES string of the molecule is CN1CCCC[C@H]1C(=O)NC[C@@H]1CCO[C@H]1c1ccccc1. The van der Waals surface area contributed by atoms with Gasteiger partial charge in [-0.05, 0) is 38.4 Å². The highest BCUT2D eigenvalue weighted by atomic mass is 16.5. The molecule has 2 fully saturated rings. The molecule has 0 radical (unpaired) electrons. The number of amides is 1. The minimum atomic E-state index is 0.0475. The maximum Gasteiger partial charge on any atom is 0.237 e. The molecule has 22 heavy (non-hydrogen) atoms. The smallest absolute Gasteiger partial charge is 0.237 e. The van der Waals surface area contributed by atoms with Crippen molar-refractivity contribution in [1.82, 2.24) is 10.2 Å². The topological polar surface area (TPSA) is 41.6 Å². The van der Waals surface area contributed by atoms with Crippen molar-refractivity contribution in [2.75, 3.05) is 26.7 Å². The standard InChI is InChI=1S/C18H26N2O2/c1-20-11-6-5-9-16(20)18(21)19-13-15-10-12-22-17(15)14-7-3-2-4-8-14/h2-4,7-8,15-17H,5-6,9-13H2,1H3,(H,19,21)/t15-,16-,17-/m0/s1. The second-order valence-corrected chi connectivity index (χ2v) is 6.49. The zero-order valence-electron chi connectivity index (χ0n) is 13.3. The number of likely N-dealkylation sites (tertiary alicyclic amines) is 1. The zero-order chi connectivity index (χ0) is 15.4. The van der Waals surface area contributed by atoms with Gasteiger partial charge in [0.25, 0.3) is 0 Å². The lowest BCUT2D eigenvalue weighted by molar-refractivity contribution is -0.127. The van der Waals surface area contributed by atoms with Gasteiger partial charge in [0.15, 0.2) is 0 Å². The van der Waals surface area contributed by atoms with Crippen LogP contribution in [0.3, 0.4) is 0 Å². The van der Waals surface area contributed by atoms with Crippen LogP contribution in [0.25, 0.3) is 0 Å². The first kappa shape index (κ1) is 15.5. The lowest BCUT2D eigenvalue weighted by atomic mass is 9.95. The summed E-state index contributed by atoms with van der Waals surface area (Å²) in [6, 6.07) is 10.4. The Kier molecular flexibility index (Phi) is 5.11. The number of piperidine rings is 1. The van der Waals surface area contributed by atoms with Gasteiger partial charge in [0, 0.05) is 19.1 Å². The van der Waals surface area contributed by atoms with Gasteiger partial charge in [-0.3, -0.25) is 9.69 Å². The predicted octanol–water partition coefficient (Wildman–Crippen LogP) is 2.36. The van der Waals surface area contributed by atoms with Crippen molar-refractivity contribution in [3.63, 3.8) is 0 Å². The van der Waals surface area contributed by atoms with E-state index in [1.54, 1.807) is 0 Å². The van der Waals surface area contributed by atoms with Crippen LogP contribution < -0.4 is 5.32 Å². The normalized spacial score (nSPS) is 29.4. The Hall–Kier alpha value is -1.39. The van der Waals surface area contributed by atoms with E-state index in [4.69, 9.17) is 4.74 Å². The van der Waals surface area contributed by atoms with Crippen molar-refractivity contribution in [3.8, 4) is 0 Å². The van der Waals surface area contributed by atoms with Crippen molar-refractivity contribution in [1.29, 1.82) is 0 Å². The van der Waals surface area contributed by atoms with Crippen molar-refractivity contribution >= 4 is 5.91 Å². The zero-order valence-corrected chi connectivity index (χ0v) is 13.3. The number of carbonyl (C=O) groups is 1. The summed E-state index contributed by atoms with van der Waals surface area (Å²) in [6.45, 7) is 2.52. The van der Waals surface area contributed by atoms with Gasteiger partial charge in [-0.1, -0.05) is 36.8 Å². The van der Waals surface area contributed by atoms with E-state index < -0.39 is 0 Å². The van der Waals surface area contributed by atoms with E-state index >= 15 is 0 Å². The first-order valence-electron chi connectivity index (χ1n) is 8.40. The minimum absolute atomic E-state index is 0.0475. The average molecular weight is 302 g/mol. The fourth-order valence-corrected chi connectivity index (χ4v) is 3.61. The molecule has 4 heteroatoms. The van der Waals surface area contributed by atoms with Gasteiger partial charge in [0.1, 0.15) is 0 Å². The van der Waals surface area contributed by atoms with Gasteiger partial charge in [0.2, 0.25) is 5.91 Å². The predicted molar refractivity (Wildman–Crippen MR) is 86.5 cm³/mol. The second kappa shape index (κ2) is 7.25. The molecule has 120 valence electrons. The number of hydrogen-bond acceptors (Lipinski definition) is 3. The van der Waals surface area contributed by atoms with Gasteiger partial charge in [-0.25, -0.2) is 0 Å². The molecule has 1 N–H and O–H groups in total. The maximum atomic E-state index is 12.4. The molecule has 0 spiro atoms. The summed E-state index contributed by atoms with van der Waals surface area (Å²) in [6.07, 6.45) is 4.46. The molecule has 3 rings (SSSR count). The number of carbonyl (C=O) groups excluding carboxylic acids is 1. The summed E-state index contributed by atoms with van der Waals surface area (Å²) in [5.74, 6) is 0.557. The van der Waals surface area contributed by atoms with Crippen molar-refractivity contribution in [2.24, 2.45) is 5.92 Å². The van der Waals surface area contributed by atoms with E-state index in [0.717, 1.165) is 32.4 Å². The number of hydrogen-bond donors (Lipinski definition) is 1. The summed E-state index contributed by atoms with van der Waals surface area (Å²) < 4.78 is 5.89. The number of benzene rings is 1. The van der Waals surface area contributed by atoms with E-state index in [1.165, 1.54) is 12.0 Å². The van der Waals surface area contributed by atoms with Crippen LogP contribution in [0.5, 0.6) is 0 Å². The third kappa shape index (κ3) is 3.50. The Morgan fingerprint density at radius 2 is 2.09 bits per heavy atom. The van der Waals surface area contributed by atoms with Gasteiger partial charge in [-0.15, -0.1) is 0 Å². The van der Waals surface area contributed by atoms with E-state index in [-0.39, 0.29) is 18.1 Å². The molecule has 0 unspecified atom stereocenters. The van der Waals surface area contributed by atoms with Crippen molar-refractivity contribution in [2.45, 2.75) is 37.8 Å². The van der Waals surface area contributed by atoms with E-state index in [0.29, 0.717) is 12.5 Å². The van der Waals surface area contributed by atoms with E-state index in [2.05, 4.69) is 29.4 Å². The fraction of sp³-hybridized carbons (Fsp3) is 0.611. The molecule has 0 saturated carbocycles. The molecule has 3 atom stereocenters. The quantitative estimate of drug-likeness (QED) is 0.928. The molecule has 0 aliphatic carbocycles. The fourth-order valence-electron chi connectivity index (χ4n) is 3.61. The second-order valence-electron chi connectivity index (χ2n) is 6.49. The minimum Gasteiger partial charge on any atom is -0.373 e. The molecule has 0 bridgehead atoms. The highest BCUT2D eigenvalue weighted by Gasteiger charge is 2.31. The molecule has 2 aliphatic rings. The third-order valence-electron chi connectivity index (χ3n) is 4.95. The summed E-state index contributed by atoms with van der Waals surface area (Å²) in [5.41, 5.74) is 1.22. The maximum absolute atomic E-state index is 12.4. The van der Waals surface area contributed by atoms with Gasteiger partial charge >= 0.3 is 0 Å². The van der Waals surface area contributed by atoms with Gasteiger partial charge < -0.3 is 10.1 Å². The van der Waals surface area contributed by atoms with Crippen LogP contribution in [0.15, 0.2) is 30.3 Å². The summed E-state index contributed by atoms with van der Waals surface area (Å²) in [5, 5.41) is 3.16. The Labute approximate surface area is 132 Å². The average Bonchev–Trinajstić information content (AvgIpc) is 3.02. The molecular weight excluding hydrogens is 276 g/mol. The first-order chi connectivity index (χ1) is 10.8. The molecule has 2 saturated heterocycles. The molecule has 1 aromatic rings. The Morgan fingerprint density at radius 1 is 1.27 bits per heavy atom. The molecule has 1 aromatic carbocycles. The highest BCUT2D eigenvalue weighted by Crippen LogP contribution is 2.33. The van der Waals surface area contributed by atoms with Crippen LogP contribution in [-0.4, -0.2) is 43.6 Å². The number of rotatable bonds is 4. The molecule has 2 aliphatic heterocycles. The summed E-state index contributed by atoms with van der Waals surface area (Å²) in [4.78, 5) is 14.6. The van der Waals surface area contributed by atoms with Crippen molar-refractivity contribution in [3.05, 3.63) is 35.9 Å². The van der Waals surface area contributed by atoms with Crippen LogP contribution in [0, 0.1) is 5.92 Å². The van der Waals surface area contributed by atoms with Crippen LogP contribution in [0.4, 0.5) is 0 Å². The lowest BCUT2D eigenvalue weighted by Gasteiger charge is -2.31. The van der Waals surface area contributed by atoms with Crippen LogP contribution in [-0.2, 0) is 9.53 Å². The molecule has 2 heterocycles. The van der Waals surface area contributed by atoms with E-state index in [1.807, 2.05) is 18.2 Å². The Bertz CT molecular complexity index is 491. The Balaban J connectivity index is 1.55. The molecule has 4 nitrogen and oxygen atoms in total. The molecular formula is C18H26N2O2. The molecule has 1 amide bonds. The summed E-state index contributed by atoms with van der Waals surface area (Å²) in [7, 11) is 2.05. The molecule has 0 aromatic heterocycles. The highest BCUT2D eigenvalue weighted by molar-refractivity contribution is 5.81. The third-order valence-corrected chi connectivity index (χ3v) is 4.95. The number of ether oxygens (including phenoxy) is 1. The van der Waals surface area contributed by atoms with E-state index in [9.17, 15) is 4.79 Å². The Morgan fingerprint density at radius 3 is 2.86 bits per heavy atom. The number of likely N-dealkylation sites (N-methyl/N-ethyl adjacent to an activating group) is 1. The van der Waals surface area contributed by atoms with Crippen LogP contribution in [0.2, 0.25) is 0 Å². The van der Waals surface area contributed by atoms with Gasteiger partial charge in [-0.2, -0.15) is 0 Å². The van der Waals surface area contributed by atoms with Crippen LogP contribution in [0.1, 0.15) is 37.4 Å². The monoisotopic (exact) mass is 302 g/mol. The number of nitrogens with one attached hydrogen (secondary N) is 1. The summed E-state index contributed by atoms with van der Waals surface area (Å²) >= 11 is 0. The number of nitrogens with zero attached hydrogens (tertiary/aromatic N) is 1. The first-order valence-corrected chi connectivity index (χ1v) is 8.40. The lowest BCUT2D eigenvalue weighted by Crippen LogP contribution is -2.48.